The minimum absolute atomic E-state index is 0. The molecule has 0 radical (unpaired) electrons. The van der Waals surface area contributed by atoms with Crippen molar-refractivity contribution in [1.29, 1.82) is 0 Å². The Labute approximate surface area is 308 Å². The number of likely N-dealkylation sites (tertiary alicyclic amines) is 3. The molecule has 47 heavy (non-hydrogen) atoms. The topological polar surface area (TPSA) is 33.3 Å². The van der Waals surface area contributed by atoms with Gasteiger partial charge in [-0.2, -0.15) is 6.92 Å². The second-order valence-electron chi connectivity index (χ2n) is 16.3. The fourth-order valence-electron chi connectivity index (χ4n) is 7.94. The summed E-state index contributed by atoms with van der Waals surface area (Å²) < 4.78 is 0. The third-order valence-corrected chi connectivity index (χ3v) is 12.1. The van der Waals surface area contributed by atoms with E-state index >= 15 is 0 Å². The quantitative estimate of drug-likeness (QED) is 0.273. The van der Waals surface area contributed by atoms with Gasteiger partial charge in [-0.1, -0.05) is 60.8 Å². The molecule has 6 nitrogen and oxygen atoms in total. The van der Waals surface area contributed by atoms with Crippen molar-refractivity contribution in [3.63, 3.8) is 0 Å². The van der Waals surface area contributed by atoms with Gasteiger partial charge >= 0.3 is 21.1 Å². The molecule has 7 rings (SSSR count). The van der Waals surface area contributed by atoms with Crippen LogP contribution in [0.3, 0.4) is 0 Å². The number of piperidine rings is 3. The Bertz CT molecular complexity index is 782. The van der Waals surface area contributed by atoms with Gasteiger partial charge in [0.1, 0.15) is 0 Å². The molecule has 2 saturated carbocycles. The van der Waals surface area contributed by atoms with E-state index in [1.54, 1.807) is 4.90 Å². The predicted molar refractivity (Wildman–Crippen MR) is 200 cm³/mol. The number of hydrogen-bond acceptors (Lipinski definition) is 5. The monoisotopic (exact) mass is 830 g/mol. The number of hydrogen-bond donors (Lipinski definition) is 0. The van der Waals surface area contributed by atoms with E-state index in [-0.39, 0.29) is 21.1 Å². The molecule has 5 saturated heterocycles. The van der Waals surface area contributed by atoms with Crippen LogP contribution in [0.1, 0.15) is 119 Å². The van der Waals surface area contributed by atoms with Crippen molar-refractivity contribution >= 4 is 5.91 Å². The number of nitrogens with zero attached hydrogens (tertiary/aromatic N) is 5. The van der Waals surface area contributed by atoms with Crippen molar-refractivity contribution < 1.29 is 25.9 Å². The number of fused-ring (bicyclic) bond motifs is 3. The molecular weight excluding hydrogens is 750 g/mol. The van der Waals surface area contributed by atoms with Gasteiger partial charge in [0.2, 0.25) is 5.91 Å². The molecule has 276 valence electrons. The van der Waals surface area contributed by atoms with E-state index in [4.69, 9.17) is 0 Å². The van der Waals surface area contributed by atoms with Crippen molar-refractivity contribution in [3.05, 3.63) is 13.3 Å². The third-order valence-electron chi connectivity index (χ3n) is 12.1. The van der Waals surface area contributed by atoms with Crippen LogP contribution in [0.5, 0.6) is 0 Å². The van der Waals surface area contributed by atoms with E-state index < -0.39 is 0 Å². The summed E-state index contributed by atoms with van der Waals surface area (Å²) >= 11 is 0. The zero-order valence-corrected chi connectivity index (χ0v) is 36.0. The van der Waals surface area contributed by atoms with Crippen LogP contribution in [0.25, 0.3) is 0 Å². The first kappa shape index (κ1) is 45.0. The summed E-state index contributed by atoms with van der Waals surface area (Å²) in [4.78, 5) is 22.2. The Morgan fingerprint density at radius 2 is 1.32 bits per heavy atom. The van der Waals surface area contributed by atoms with Crippen LogP contribution in [0.2, 0.25) is 0 Å². The van der Waals surface area contributed by atoms with Crippen LogP contribution in [-0.2, 0) is 25.9 Å². The summed E-state index contributed by atoms with van der Waals surface area (Å²) in [5, 5.41) is 0. The van der Waals surface area contributed by atoms with Gasteiger partial charge in [-0.15, -0.1) is 12.1 Å². The molecule has 7 aliphatic rings. The Hall–Kier alpha value is -0.00169. The van der Waals surface area contributed by atoms with Gasteiger partial charge in [-0.3, -0.25) is 4.79 Å². The maximum Gasteiger partial charge on any atom is 2.00 e. The SMILES string of the molecule is CC1C2CN(C)CC12.CC1CC2CCC(C1)N2C.CC1CCC1.CN1CCC1.CN1CCCCC1=O.[CH2-]C(C)N(CC)C(C)[CH-]C.[W+2]. The Morgan fingerprint density at radius 1 is 0.809 bits per heavy atom. The molecule has 0 N–H and O–H groups in total. The second-order valence-corrected chi connectivity index (χ2v) is 16.3. The molecule has 2 bridgehead atoms. The molecule has 6 atom stereocenters. The molecule has 5 aliphatic heterocycles. The van der Waals surface area contributed by atoms with Crippen molar-refractivity contribution in [1.82, 2.24) is 24.5 Å². The van der Waals surface area contributed by atoms with Gasteiger partial charge in [0.25, 0.3) is 0 Å². The normalized spacial score (nSPS) is 32.3. The maximum atomic E-state index is 10.7. The second kappa shape index (κ2) is 23.5. The van der Waals surface area contributed by atoms with E-state index in [1.807, 2.05) is 7.05 Å². The fourth-order valence-corrected chi connectivity index (χ4v) is 7.94. The van der Waals surface area contributed by atoms with Crippen LogP contribution in [0, 0.1) is 42.9 Å². The first-order chi connectivity index (χ1) is 21.8. The van der Waals surface area contributed by atoms with Crippen molar-refractivity contribution in [2.45, 2.75) is 143 Å². The molecule has 2 aliphatic carbocycles. The standard InChI is InChI=1S/C9H17N.C9H19N.C7H13N.C6H11NO.C5H10.C4H9N.W/c1-7-5-8-3-4-9(6-7)10(8)2;1-6-9(5)10(7-2)8(3)4;1-5-6-3-8(2)4-7(5)6;1-7-5-3-2-4-6(7)8;2*1-5-3-2-4-5;/h7-9H,3-6H2,1-2H3;6,8-9H,3,7H2,1-2,4-5H3;5-7H,3-4H2,1-2H3;2-5H2,1H3;5H,2-4H2,1H3;2-4H2,1H3;/q;-2;;;;;+2. The molecule has 0 aromatic heterocycles. The van der Waals surface area contributed by atoms with Gasteiger partial charge in [0.15, 0.2) is 0 Å². The largest absolute Gasteiger partial charge is 2.00 e. The molecular formula is C40H79N5OW. The zero-order chi connectivity index (χ0) is 34.4. The predicted octanol–water partition coefficient (Wildman–Crippen LogP) is 7.59. The smallest absolute Gasteiger partial charge is 0.357 e. The van der Waals surface area contributed by atoms with E-state index in [2.05, 4.69) is 103 Å². The van der Waals surface area contributed by atoms with Crippen molar-refractivity contribution in [2.75, 3.05) is 67.5 Å². The molecule has 0 spiro atoms. The first-order valence-electron chi connectivity index (χ1n) is 19.5. The summed E-state index contributed by atoms with van der Waals surface area (Å²) in [5.74, 6) is 5.59. The molecule has 1 amide bonds. The van der Waals surface area contributed by atoms with Crippen molar-refractivity contribution in [2.24, 2.45) is 29.6 Å². The van der Waals surface area contributed by atoms with E-state index in [0.29, 0.717) is 18.0 Å². The summed E-state index contributed by atoms with van der Waals surface area (Å²) in [5.41, 5.74) is 0. The fraction of sp³-hybridized carbons (Fsp3) is 0.925. The molecule has 0 aromatic rings. The summed E-state index contributed by atoms with van der Waals surface area (Å²) in [6.07, 6.45) is 16.9. The van der Waals surface area contributed by atoms with Gasteiger partial charge in [0, 0.05) is 45.2 Å². The van der Waals surface area contributed by atoms with Crippen molar-refractivity contribution in [3.8, 4) is 0 Å². The number of carbonyl (C=O) groups excluding carboxylic acids is 1. The molecule has 7 fully saturated rings. The summed E-state index contributed by atoms with van der Waals surface area (Å²) in [7, 11) is 8.53. The Balaban J connectivity index is 0.000000285. The zero-order valence-electron chi connectivity index (χ0n) is 33.1. The summed E-state index contributed by atoms with van der Waals surface area (Å²) in [6.45, 7) is 27.1. The number of rotatable bonds is 4. The maximum absolute atomic E-state index is 10.7. The Kier molecular flexibility index (Phi) is 22.5. The average molecular weight is 830 g/mol. The molecule has 5 heterocycles. The van der Waals surface area contributed by atoms with Gasteiger partial charge in [0.05, 0.1) is 0 Å². The van der Waals surface area contributed by atoms with Crippen LogP contribution >= 0.6 is 0 Å². The van der Waals surface area contributed by atoms with Crippen LogP contribution in [-0.4, -0.2) is 122 Å². The van der Waals surface area contributed by atoms with Crippen LogP contribution in [0.15, 0.2) is 0 Å². The van der Waals surface area contributed by atoms with Gasteiger partial charge < -0.3 is 37.8 Å². The first-order valence-corrected chi connectivity index (χ1v) is 19.5. The van der Waals surface area contributed by atoms with Crippen LogP contribution < -0.4 is 0 Å². The third kappa shape index (κ3) is 16.3. The minimum Gasteiger partial charge on any atom is -0.357 e. The molecule has 0 aromatic carbocycles. The average Bonchev–Trinajstić information content (AvgIpc) is 3.26. The molecule has 7 heteroatoms. The number of amides is 1. The van der Waals surface area contributed by atoms with E-state index in [0.717, 1.165) is 67.6 Å². The van der Waals surface area contributed by atoms with Gasteiger partial charge in [-0.25, -0.2) is 0 Å². The Morgan fingerprint density at radius 3 is 1.57 bits per heavy atom. The minimum atomic E-state index is 0. The number of carbonyl (C=O) groups is 1. The van der Waals surface area contributed by atoms with Crippen LogP contribution in [0.4, 0.5) is 0 Å². The summed E-state index contributed by atoms with van der Waals surface area (Å²) in [6, 6.07) is 2.84. The molecule has 6 unspecified atom stereocenters. The van der Waals surface area contributed by atoms with Gasteiger partial charge in [-0.05, 0) is 115 Å². The van der Waals surface area contributed by atoms with E-state index in [9.17, 15) is 4.79 Å². The van der Waals surface area contributed by atoms with E-state index in [1.165, 1.54) is 84.0 Å².